The van der Waals surface area contributed by atoms with Gasteiger partial charge in [-0.25, -0.2) is 21.9 Å². The van der Waals surface area contributed by atoms with E-state index in [-0.39, 0.29) is 16.5 Å². The fourth-order valence-electron chi connectivity index (χ4n) is 3.34. The summed E-state index contributed by atoms with van der Waals surface area (Å²) in [6.45, 7) is 0.640. The first-order valence-corrected chi connectivity index (χ1v) is 10.2. The minimum atomic E-state index is -3.63. The molecule has 1 aliphatic carbocycles. The van der Waals surface area contributed by atoms with Gasteiger partial charge in [-0.3, -0.25) is 0 Å². The Hall–Kier alpha value is -1.83. The van der Waals surface area contributed by atoms with Gasteiger partial charge in [0, 0.05) is 17.7 Å². The maximum atomic E-state index is 13.9. The maximum Gasteiger partial charge on any atom is 0.240 e. The van der Waals surface area contributed by atoms with Crippen LogP contribution < -0.4 is 10.5 Å². The molecule has 3 N–H and O–H groups in total. The molecule has 0 atom stereocenters. The van der Waals surface area contributed by atoms with Gasteiger partial charge < -0.3 is 5.73 Å². The summed E-state index contributed by atoms with van der Waals surface area (Å²) in [6, 6.07) is 9.14. The molecule has 0 radical (unpaired) electrons. The number of sulfonamides is 1. The Morgan fingerprint density at radius 1 is 1.00 bits per heavy atom. The fourth-order valence-corrected chi connectivity index (χ4v) is 4.65. The number of benzene rings is 2. The summed E-state index contributed by atoms with van der Waals surface area (Å²) >= 11 is 0. The van der Waals surface area contributed by atoms with E-state index >= 15 is 0 Å². The second-order valence-corrected chi connectivity index (χ2v) is 8.44. The molecule has 7 heteroatoms. The minimum Gasteiger partial charge on any atom is -0.330 e. The first-order valence-electron chi connectivity index (χ1n) is 8.67. The van der Waals surface area contributed by atoms with Crippen molar-refractivity contribution in [3.8, 4) is 11.1 Å². The summed E-state index contributed by atoms with van der Waals surface area (Å²) in [4.78, 5) is 0.129. The molecule has 1 saturated carbocycles. The Bertz CT molecular complexity index is 862. The molecule has 1 fully saturated rings. The maximum absolute atomic E-state index is 13.9. The molecule has 26 heavy (non-hydrogen) atoms. The van der Waals surface area contributed by atoms with E-state index < -0.39 is 21.7 Å². The highest BCUT2D eigenvalue weighted by atomic mass is 32.2. The summed E-state index contributed by atoms with van der Waals surface area (Å²) in [5.74, 6) is -0.866. The molecule has 0 spiro atoms. The molecule has 0 saturated heterocycles. The molecule has 1 aliphatic rings. The molecule has 4 nitrogen and oxygen atoms in total. The van der Waals surface area contributed by atoms with E-state index in [1.54, 1.807) is 0 Å². The zero-order chi connectivity index (χ0) is 18.7. The molecule has 0 amide bonds. The zero-order valence-electron chi connectivity index (χ0n) is 14.3. The fraction of sp³-hybridized carbons (Fsp3) is 0.368. The lowest BCUT2D eigenvalue weighted by atomic mass is 9.87. The van der Waals surface area contributed by atoms with Crippen molar-refractivity contribution in [1.82, 2.24) is 4.72 Å². The average molecular weight is 380 g/mol. The zero-order valence-corrected chi connectivity index (χ0v) is 15.1. The predicted molar refractivity (Wildman–Crippen MR) is 96.9 cm³/mol. The summed E-state index contributed by atoms with van der Waals surface area (Å²) < 4.78 is 54.7. The Labute approximate surface area is 152 Å². The number of nitrogens with one attached hydrogen (secondary N) is 1. The van der Waals surface area contributed by atoms with Crippen LogP contribution in [0, 0.1) is 17.6 Å². The van der Waals surface area contributed by atoms with Gasteiger partial charge in [-0.05, 0) is 68.0 Å². The third-order valence-electron chi connectivity index (χ3n) is 4.91. The van der Waals surface area contributed by atoms with Gasteiger partial charge in [-0.2, -0.15) is 0 Å². The van der Waals surface area contributed by atoms with Gasteiger partial charge in [-0.15, -0.1) is 0 Å². The molecule has 0 aliphatic heterocycles. The summed E-state index contributed by atoms with van der Waals surface area (Å²) in [6.07, 6.45) is 3.40. The normalized spacial score (nSPS) is 20.9. The molecule has 0 unspecified atom stereocenters. The number of rotatable bonds is 5. The van der Waals surface area contributed by atoms with E-state index in [9.17, 15) is 17.2 Å². The third kappa shape index (κ3) is 4.28. The Morgan fingerprint density at radius 3 is 2.23 bits per heavy atom. The molecular weight excluding hydrogens is 358 g/mol. The van der Waals surface area contributed by atoms with Crippen LogP contribution in [0.15, 0.2) is 47.4 Å². The Morgan fingerprint density at radius 2 is 1.65 bits per heavy atom. The van der Waals surface area contributed by atoms with Crippen LogP contribution in [0.1, 0.15) is 25.7 Å². The summed E-state index contributed by atoms with van der Waals surface area (Å²) in [5.41, 5.74) is 6.38. The van der Waals surface area contributed by atoms with E-state index in [2.05, 4.69) is 4.72 Å². The van der Waals surface area contributed by atoms with Crippen molar-refractivity contribution >= 4 is 10.0 Å². The Balaban J connectivity index is 1.73. The first kappa shape index (κ1) is 18.9. The molecule has 2 aromatic carbocycles. The van der Waals surface area contributed by atoms with Gasteiger partial charge >= 0.3 is 0 Å². The van der Waals surface area contributed by atoms with Gasteiger partial charge in [0.15, 0.2) is 0 Å². The van der Waals surface area contributed by atoms with Crippen molar-refractivity contribution in [1.29, 1.82) is 0 Å². The van der Waals surface area contributed by atoms with Crippen molar-refractivity contribution in [2.45, 2.75) is 36.6 Å². The predicted octanol–water partition coefficient (Wildman–Crippen LogP) is 3.43. The van der Waals surface area contributed by atoms with Crippen LogP contribution in [0.2, 0.25) is 0 Å². The number of nitrogens with two attached hydrogens (primary N) is 1. The van der Waals surface area contributed by atoms with Crippen molar-refractivity contribution in [2.75, 3.05) is 6.54 Å². The molecule has 0 bridgehead atoms. The SMILES string of the molecule is NCC1CCC(NS(=O)(=O)c2ccc(-c3ccc(F)cc3F)cc2)CC1. The smallest absolute Gasteiger partial charge is 0.240 e. The molecule has 0 heterocycles. The van der Waals surface area contributed by atoms with Crippen LogP contribution in [-0.2, 0) is 10.0 Å². The summed E-state index contributed by atoms with van der Waals surface area (Å²) in [7, 11) is -3.63. The topological polar surface area (TPSA) is 72.2 Å². The van der Waals surface area contributed by atoms with Gasteiger partial charge in [0.1, 0.15) is 11.6 Å². The van der Waals surface area contributed by atoms with Gasteiger partial charge in [0.25, 0.3) is 0 Å². The highest BCUT2D eigenvalue weighted by molar-refractivity contribution is 7.89. The average Bonchev–Trinajstić information content (AvgIpc) is 2.62. The minimum absolute atomic E-state index is 0.0861. The lowest BCUT2D eigenvalue weighted by molar-refractivity contribution is 0.319. The van der Waals surface area contributed by atoms with E-state index in [4.69, 9.17) is 5.73 Å². The first-order chi connectivity index (χ1) is 12.4. The van der Waals surface area contributed by atoms with Crippen molar-refractivity contribution in [2.24, 2.45) is 11.7 Å². The molecule has 3 rings (SSSR count). The van der Waals surface area contributed by atoms with Crippen LogP contribution in [0.5, 0.6) is 0 Å². The second-order valence-electron chi connectivity index (χ2n) is 6.72. The standard InChI is InChI=1S/C19H22F2N2O2S/c20-15-5-10-18(19(21)11-15)14-3-8-17(9-4-14)26(24,25)23-16-6-1-13(12-22)2-7-16/h3-5,8-11,13,16,23H,1-2,6-7,12,22H2. The lowest BCUT2D eigenvalue weighted by Crippen LogP contribution is -2.38. The molecule has 140 valence electrons. The van der Waals surface area contributed by atoms with E-state index in [1.807, 2.05) is 0 Å². The van der Waals surface area contributed by atoms with Crippen molar-refractivity contribution in [3.05, 3.63) is 54.1 Å². The van der Waals surface area contributed by atoms with Gasteiger partial charge in [-0.1, -0.05) is 12.1 Å². The highest BCUT2D eigenvalue weighted by Crippen LogP contribution is 2.27. The van der Waals surface area contributed by atoms with E-state index in [1.165, 1.54) is 36.4 Å². The van der Waals surface area contributed by atoms with Gasteiger partial charge in [0.05, 0.1) is 4.90 Å². The van der Waals surface area contributed by atoms with Crippen molar-refractivity contribution < 1.29 is 17.2 Å². The van der Waals surface area contributed by atoms with E-state index in [0.717, 1.165) is 31.7 Å². The van der Waals surface area contributed by atoms with Crippen molar-refractivity contribution in [3.63, 3.8) is 0 Å². The molecular formula is C19H22F2N2O2S. The van der Waals surface area contributed by atoms with Crippen LogP contribution in [0.3, 0.4) is 0 Å². The Kier molecular flexibility index (Phi) is 5.70. The van der Waals surface area contributed by atoms with Crippen LogP contribution >= 0.6 is 0 Å². The van der Waals surface area contributed by atoms with Gasteiger partial charge in [0.2, 0.25) is 10.0 Å². The van der Waals surface area contributed by atoms with Crippen LogP contribution in [0.25, 0.3) is 11.1 Å². The summed E-state index contributed by atoms with van der Waals surface area (Å²) in [5, 5.41) is 0. The highest BCUT2D eigenvalue weighted by Gasteiger charge is 2.25. The quantitative estimate of drug-likeness (QED) is 0.835. The lowest BCUT2D eigenvalue weighted by Gasteiger charge is -2.28. The second kappa shape index (κ2) is 7.82. The van der Waals surface area contributed by atoms with Crippen LogP contribution in [0.4, 0.5) is 8.78 Å². The number of halogens is 2. The third-order valence-corrected chi connectivity index (χ3v) is 6.45. The largest absolute Gasteiger partial charge is 0.330 e. The molecule has 0 aromatic heterocycles. The van der Waals surface area contributed by atoms with E-state index in [0.29, 0.717) is 18.0 Å². The molecule has 2 aromatic rings. The number of hydrogen-bond donors (Lipinski definition) is 2. The number of hydrogen-bond acceptors (Lipinski definition) is 3. The monoisotopic (exact) mass is 380 g/mol. The van der Waals surface area contributed by atoms with Crippen LogP contribution in [-0.4, -0.2) is 21.0 Å².